The molecule has 2 rings (SSSR count). The van der Waals surface area contributed by atoms with Crippen molar-refractivity contribution in [3.63, 3.8) is 0 Å². The van der Waals surface area contributed by atoms with Gasteiger partial charge in [-0.3, -0.25) is 9.59 Å². The van der Waals surface area contributed by atoms with Gasteiger partial charge < -0.3 is 10.4 Å². The van der Waals surface area contributed by atoms with Gasteiger partial charge in [0.25, 0.3) is 5.91 Å². The fourth-order valence-electron chi connectivity index (χ4n) is 1.88. The lowest BCUT2D eigenvalue weighted by molar-refractivity contribution is -0.140. The van der Waals surface area contributed by atoms with Gasteiger partial charge in [0.1, 0.15) is 0 Å². The zero-order valence-electron chi connectivity index (χ0n) is 9.77. The summed E-state index contributed by atoms with van der Waals surface area (Å²) in [6.45, 7) is 0. The lowest BCUT2D eigenvalue weighted by Crippen LogP contribution is -2.33. The molecule has 4 nitrogen and oxygen atoms in total. The lowest BCUT2D eigenvalue weighted by Gasteiger charge is -2.12. The number of carbonyl (C=O) groups excluding carboxylic acids is 1. The van der Waals surface area contributed by atoms with Crippen LogP contribution in [0.2, 0.25) is 5.02 Å². The molecule has 0 heterocycles. The smallest absolute Gasteiger partial charge is 0.310 e. The molecule has 6 heteroatoms. The molecule has 2 unspecified atom stereocenters. The van der Waals surface area contributed by atoms with Gasteiger partial charge in [-0.1, -0.05) is 23.8 Å². The van der Waals surface area contributed by atoms with E-state index in [1.165, 1.54) is 0 Å². The predicted octanol–water partition coefficient (Wildman–Crippen LogP) is 2.70. The topological polar surface area (TPSA) is 66.4 Å². The maximum atomic E-state index is 12.0. The molecule has 1 aromatic rings. The van der Waals surface area contributed by atoms with Gasteiger partial charge in [0.05, 0.1) is 10.9 Å². The highest BCUT2D eigenvalue weighted by molar-refractivity contribution is 14.1. The SMILES string of the molecule is O=C(NC1C=CC(C(=O)O)C1)c1ccc(I)c(Cl)c1. The van der Waals surface area contributed by atoms with Crippen molar-refractivity contribution in [2.45, 2.75) is 12.5 Å². The molecule has 0 saturated heterocycles. The summed E-state index contributed by atoms with van der Waals surface area (Å²) >= 11 is 8.04. The van der Waals surface area contributed by atoms with Crippen molar-refractivity contribution in [2.24, 2.45) is 5.92 Å². The summed E-state index contributed by atoms with van der Waals surface area (Å²) in [5, 5.41) is 12.2. The molecule has 2 N–H and O–H groups in total. The number of carbonyl (C=O) groups is 2. The number of carboxylic acids is 1. The van der Waals surface area contributed by atoms with Crippen LogP contribution >= 0.6 is 34.2 Å². The van der Waals surface area contributed by atoms with Crippen LogP contribution in [-0.2, 0) is 4.79 Å². The molecule has 0 radical (unpaired) electrons. The Morgan fingerprint density at radius 2 is 2.11 bits per heavy atom. The summed E-state index contributed by atoms with van der Waals surface area (Å²) in [5.74, 6) is -1.64. The van der Waals surface area contributed by atoms with Crippen LogP contribution in [0.1, 0.15) is 16.8 Å². The van der Waals surface area contributed by atoms with Gasteiger partial charge in [-0.15, -0.1) is 0 Å². The molecule has 0 aromatic heterocycles. The van der Waals surface area contributed by atoms with Crippen molar-refractivity contribution < 1.29 is 14.7 Å². The van der Waals surface area contributed by atoms with Gasteiger partial charge in [0.2, 0.25) is 0 Å². The number of carboxylic acid groups (broad SMARTS) is 1. The van der Waals surface area contributed by atoms with Crippen molar-refractivity contribution in [1.82, 2.24) is 5.32 Å². The summed E-state index contributed by atoms with van der Waals surface area (Å²) in [6.07, 6.45) is 3.71. The number of aliphatic carboxylic acids is 1. The van der Waals surface area contributed by atoms with E-state index in [0.717, 1.165) is 3.57 Å². The third kappa shape index (κ3) is 3.48. The van der Waals surface area contributed by atoms with E-state index in [0.29, 0.717) is 17.0 Å². The molecule has 1 aliphatic rings. The van der Waals surface area contributed by atoms with Crippen LogP contribution in [0.3, 0.4) is 0 Å². The van der Waals surface area contributed by atoms with Crippen molar-refractivity contribution in [2.75, 3.05) is 0 Å². The van der Waals surface area contributed by atoms with Crippen molar-refractivity contribution >= 4 is 46.1 Å². The van der Waals surface area contributed by atoms with Crippen molar-refractivity contribution in [3.05, 3.63) is 44.5 Å². The average Bonchev–Trinajstić information content (AvgIpc) is 2.81. The Kier molecular flexibility index (Phi) is 4.46. The fourth-order valence-corrected chi connectivity index (χ4v) is 2.39. The van der Waals surface area contributed by atoms with Crippen molar-refractivity contribution in [3.8, 4) is 0 Å². The van der Waals surface area contributed by atoms with Gasteiger partial charge in [-0.25, -0.2) is 0 Å². The minimum Gasteiger partial charge on any atom is -0.481 e. The van der Waals surface area contributed by atoms with E-state index in [-0.39, 0.29) is 11.9 Å². The van der Waals surface area contributed by atoms with E-state index in [1.807, 2.05) is 0 Å². The number of nitrogens with one attached hydrogen (secondary N) is 1. The third-order valence-electron chi connectivity index (χ3n) is 2.90. The number of rotatable bonds is 3. The number of benzene rings is 1. The minimum absolute atomic E-state index is 0.244. The average molecular weight is 392 g/mol. The predicted molar refractivity (Wildman–Crippen MR) is 80.3 cm³/mol. The van der Waals surface area contributed by atoms with Gasteiger partial charge in [-0.2, -0.15) is 0 Å². The summed E-state index contributed by atoms with van der Waals surface area (Å²) in [4.78, 5) is 22.8. The summed E-state index contributed by atoms with van der Waals surface area (Å²) in [5.41, 5.74) is 0.470. The molecule has 0 saturated carbocycles. The van der Waals surface area contributed by atoms with Crippen LogP contribution in [0, 0.1) is 9.49 Å². The summed E-state index contributed by atoms with van der Waals surface area (Å²) in [7, 11) is 0. The number of amides is 1. The van der Waals surface area contributed by atoms with Gasteiger partial charge in [0, 0.05) is 15.2 Å². The maximum Gasteiger partial charge on any atom is 0.310 e. The van der Waals surface area contributed by atoms with E-state index in [2.05, 4.69) is 27.9 Å². The Labute approximate surface area is 129 Å². The Balaban J connectivity index is 2.00. The minimum atomic E-state index is -0.870. The fraction of sp³-hybridized carbons (Fsp3) is 0.231. The highest BCUT2D eigenvalue weighted by Crippen LogP contribution is 2.21. The van der Waals surface area contributed by atoms with Crippen LogP contribution in [0.5, 0.6) is 0 Å². The maximum absolute atomic E-state index is 12.0. The number of hydrogen-bond donors (Lipinski definition) is 2. The molecule has 1 aromatic carbocycles. The van der Waals surface area contributed by atoms with Gasteiger partial charge >= 0.3 is 5.97 Å². The Hall–Kier alpha value is -1.08. The molecule has 0 bridgehead atoms. The monoisotopic (exact) mass is 391 g/mol. The quantitative estimate of drug-likeness (QED) is 0.615. The van der Waals surface area contributed by atoms with Crippen LogP contribution < -0.4 is 5.32 Å². The number of halogens is 2. The molecule has 0 fully saturated rings. The third-order valence-corrected chi connectivity index (χ3v) is 4.47. The largest absolute Gasteiger partial charge is 0.481 e. The van der Waals surface area contributed by atoms with Crippen LogP contribution in [-0.4, -0.2) is 23.0 Å². The molecule has 1 amide bonds. The zero-order chi connectivity index (χ0) is 14.0. The second-order valence-electron chi connectivity index (χ2n) is 4.27. The van der Waals surface area contributed by atoms with Crippen LogP contribution in [0.25, 0.3) is 0 Å². The first-order valence-electron chi connectivity index (χ1n) is 5.64. The molecule has 0 aliphatic heterocycles. The Morgan fingerprint density at radius 1 is 1.37 bits per heavy atom. The molecular formula is C13H11ClINO3. The Bertz CT molecular complexity index is 559. The first-order chi connectivity index (χ1) is 8.97. The second kappa shape index (κ2) is 5.92. The molecule has 19 heavy (non-hydrogen) atoms. The first-order valence-corrected chi connectivity index (χ1v) is 7.10. The summed E-state index contributed by atoms with van der Waals surface area (Å²) in [6, 6.07) is 4.82. The number of hydrogen-bond acceptors (Lipinski definition) is 2. The van der Waals surface area contributed by atoms with Gasteiger partial charge in [-0.05, 0) is 47.2 Å². The molecule has 100 valence electrons. The van der Waals surface area contributed by atoms with E-state index in [9.17, 15) is 9.59 Å². The van der Waals surface area contributed by atoms with Crippen LogP contribution in [0.15, 0.2) is 30.4 Å². The highest BCUT2D eigenvalue weighted by atomic mass is 127. The first kappa shape index (κ1) is 14.3. The molecular weight excluding hydrogens is 381 g/mol. The Morgan fingerprint density at radius 3 is 2.68 bits per heavy atom. The molecule has 0 spiro atoms. The summed E-state index contributed by atoms with van der Waals surface area (Å²) < 4.78 is 0.877. The zero-order valence-corrected chi connectivity index (χ0v) is 12.7. The molecule has 2 atom stereocenters. The van der Waals surface area contributed by atoms with Gasteiger partial charge in [0.15, 0.2) is 0 Å². The van der Waals surface area contributed by atoms with E-state index >= 15 is 0 Å². The lowest BCUT2D eigenvalue weighted by atomic mass is 10.1. The van der Waals surface area contributed by atoms with E-state index in [1.54, 1.807) is 30.4 Å². The van der Waals surface area contributed by atoms with Crippen LogP contribution in [0.4, 0.5) is 0 Å². The highest BCUT2D eigenvalue weighted by Gasteiger charge is 2.25. The van der Waals surface area contributed by atoms with E-state index in [4.69, 9.17) is 16.7 Å². The second-order valence-corrected chi connectivity index (χ2v) is 5.84. The normalized spacial score (nSPS) is 21.4. The van der Waals surface area contributed by atoms with E-state index < -0.39 is 11.9 Å². The standard InChI is InChI=1S/C13H11ClINO3/c14-10-6-7(2-4-11(10)15)12(17)16-9-3-1-8(5-9)13(18)19/h1-4,6,8-9H,5H2,(H,16,17)(H,18,19). The molecule has 1 aliphatic carbocycles. The van der Waals surface area contributed by atoms with Crippen molar-refractivity contribution in [1.29, 1.82) is 0 Å².